The van der Waals surface area contributed by atoms with E-state index in [1.165, 1.54) is 66.9 Å². The van der Waals surface area contributed by atoms with Gasteiger partial charge in [-0.2, -0.15) is 12.1 Å². The molecule has 1 atom stereocenters. The van der Waals surface area contributed by atoms with Gasteiger partial charge in [-0.15, -0.1) is 68.6 Å². The zero-order chi connectivity index (χ0) is 28.6. The smallest absolute Gasteiger partial charge is 0.0279 e. The van der Waals surface area contributed by atoms with Gasteiger partial charge in [0.2, 0.25) is 0 Å². The summed E-state index contributed by atoms with van der Waals surface area (Å²) in [6.45, 7) is 13.5. The SMILES string of the molecule is CCC(C)c1cc2c(-c3ccccc3)cccc2[cH-]1.C[Si](C)=[Zr+2].Cc1cc2c(-c3ccccc3)ccc(C)c2[cH-]1.[Cl-].[Cl-]. The Morgan fingerprint density at radius 2 is 1.24 bits per heavy atom. The number of fused-ring (bicyclic) bond motifs is 2. The third-order valence-electron chi connectivity index (χ3n) is 7.37. The number of hydrogen-bond donors (Lipinski definition) is 0. The summed E-state index contributed by atoms with van der Waals surface area (Å²) in [6.07, 6.45) is 1.19. The molecule has 0 aliphatic heterocycles. The molecule has 0 fully saturated rings. The zero-order valence-electron chi connectivity index (χ0n) is 25.5. The molecule has 0 nitrogen and oxygen atoms in total. The standard InChI is InChI=1S/C19H19.C17H15.C2H6Si.2ClH.Zr/c1-3-14(2)17-12-16-10-7-11-18(19(16)13-17)15-8-5-4-6-9-15;1-12-10-16-13(2)8-9-15(17(16)11-12)14-6-4-3-5-7-14;1-3-2;;;/h4-14H,3H2,1-2H3;3-11H,1-2H3;1-2H3;2*1H;/q2*-1;;;;+2/p-2. The predicted octanol–water partition coefficient (Wildman–Crippen LogP) is 5.37. The maximum Gasteiger partial charge on any atom is -0.0279 e. The Kier molecular flexibility index (Phi) is 14.7. The maximum atomic E-state index is 2.37. The van der Waals surface area contributed by atoms with Crippen LogP contribution in [0.5, 0.6) is 0 Å². The third kappa shape index (κ3) is 9.14. The molecule has 0 aliphatic rings. The van der Waals surface area contributed by atoms with Gasteiger partial charge in [0.25, 0.3) is 0 Å². The van der Waals surface area contributed by atoms with Crippen molar-refractivity contribution in [3.8, 4) is 22.3 Å². The molecule has 0 amide bonds. The fraction of sp³-hybridized carbons (Fsp3) is 0.211. The van der Waals surface area contributed by atoms with Crippen molar-refractivity contribution < 1.29 is 48.1 Å². The van der Waals surface area contributed by atoms with E-state index >= 15 is 0 Å². The van der Waals surface area contributed by atoms with Crippen LogP contribution < -0.4 is 24.8 Å². The van der Waals surface area contributed by atoms with E-state index in [1.807, 2.05) is 0 Å². The maximum absolute atomic E-state index is 2.37. The summed E-state index contributed by atoms with van der Waals surface area (Å²) in [4.78, 5) is 0. The van der Waals surface area contributed by atoms with Crippen LogP contribution in [-0.4, -0.2) is 5.43 Å². The van der Waals surface area contributed by atoms with Crippen LogP contribution in [0.25, 0.3) is 43.8 Å². The summed E-state index contributed by atoms with van der Waals surface area (Å²) >= 11 is 1.74. The molecule has 0 saturated carbocycles. The number of aryl methyl sites for hydroxylation is 2. The number of rotatable bonds is 4. The first-order valence-corrected chi connectivity index (χ1v) is 20.5. The molecule has 0 heterocycles. The largest absolute Gasteiger partial charge is 1.00 e. The van der Waals surface area contributed by atoms with E-state index in [2.05, 4.69) is 156 Å². The Morgan fingerprint density at radius 3 is 1.79 bits per heavy atom. The van der Waals surface area contributed by atoms with Crippen LogP contribution in [-0.2, 0) is 23.3 Å². The molecular formula is C38H40Cl2SiZr-2. The van der Waals surface area contributed by atoms with Crippen molar-refractivity contribution in [2.45, 2.75) is 53.1 Å². The van der Waals surface area contributed by atoms with Crippen LogP contribution in [0.3, 0.4) is 0 Å². The summed E-state index contributed by atoms with van der Waals surface area (Å²) < 4.78 is 0. The third-order valence-corrected chi connectivity index (χ3v) is 7.37. The molecule has 216 valence electrons. The molecule has 4 heteroatoms. The molecule has 1 unspecified atom stereocenters. The first kappa shape index (κ1) is 36.0. The Bertz CT molecular complexity index is 1690. The van der Waals surface area contributed by atoms with Crippen molar-refractivity contribution >= 4 is 27.0 Å². The van der Waals surface area contributed by atoms with Crippen molar-refractivity contribution in [3.63, 3.8) is 0 Å². The Morgan fingerprint density at radius 1 is 0.690 bits per heavy atom. The molecule has 6 rings (SSSR count). The summed E-state index contributed by atoms with van der Waals surface area (Å²) in [6, 6.07) is 41.5. The minimum absolute atomic E-state index is 0. The van der Waals surface area contributed by atoms with Crippen molar-refractivity contribution in [3.05, 3.63) is 132 Å². The quantitative estimate of drug-likeness (QED) is 0.173. The van der Waals surface area contributed by atoms with Crippen molar-refractivity contribution in [1.29, 1.82) is 0 Å². The van der Waals surface area contributed by atoms with E-state index in [-0.39, 0.29) is 30.2 Å². The van der Waals surface area contributed by atoms with Gasteiger partial charge in [-0.05, 0) is 17.0 Å². The van der Waals surface area contributed by atoms with Gasteiger partial charge in [-0.3, -0.25) is 0 Å². The summed E-state index contributed by atoms with van der Waals surface area (Å²) in [5, 5.41) is 5.48. The van der Waals surface area contributed by atoms with Gasteiger partial charge in [0.15, 0.2) is 0 Å². The molecule has 6 aromatic rings. The number of benzene rings is 4. The second kappa shape index (κ2) is 17.2. The molecule has 42 heavy (non-hydrogen) atoms. The molecule has 0 bridgehead atoms. The second-order valence-corrected chi connectivity index (χ2v) is 20.3. The van der Waals surface area contributed by atoms with E-state index in [4.69, 9.17) is 0 Å². The van der Waals surface area contributed by atoms with Crippen LogP contribution in [0, 0.1) is 13.8 Å². The first-order chi connectivity index (χ1) is 19.3. The van der Waals surface area contributed by atoms with Gasteiger partial charge < -0.3 is 24.8 Å². The van der Waals surface area contributed by atoms with Gasteiger partial charge in [0.1, 0.15) is 0 Å². The second-order valence-electron chi connectivity index (χ2n) is 10.9. The molecule has 0 saturated heterocycles. The van der Waals surface area contributed by atoms with Crippen LogP contribution >= 0.6 is 0 Å². The van der Waals surface area contributed by atoms with Crippen LogP contribution in [0.2, 0.25) is 13.1 Å². The van der Waals surface area contributed by atoms with Crippen LogP contribution in [0.15, 0.2) is 115 Å². The van der Waals surface area contributed by atoms with Crippen molar-refractivity contribution in [1.82, 2.24) is 0 Å². The van der Waals surface area contributed by atoms with Gasteiger partial charge in [-0.25, -0.2) is 0 Å². The average molecular weight is 687 g/mol. The molecular weight excluding hydrogens is 647 g/mol. The summed E-state index contributed by atoms with van der Waals surface area (Å²) in [7, 11) is 0. The van der Waals surface area contributed by atoms with Gasteiger partial charge in [0.05, 0.1) is 0 Å². The fourth-order valence-electron chi connectivity index (χ4n) is 5.11. The average Bonchev–Trinajstić information content (AvgIpc) is 3.58. The fourth-order valence-corrected chi connectivity index (χ4v) is 5.11. The van der Waals surface area contributed by atoms with Crippen LogP contribution in [0.4, 0.5) is 0 Å². The van der Waals surface area contributed by atoms with E-state index < -0.39 is 0 Å². The number of hydrogen-bond acceptors (Lipinski definition) is 0. The molecule has 0 spiro atoms. The molecule has 0 aromatic heterocycles. The Balaban J connectivity index is 0.000000251. The minimum atomic E-state index is 0. The minimum Gasteiger partial charge on any atom is -1.00 e. The first-order valence-electron chi connectivity index (χ1n) is 14.3. The van der Waals surface area contributed by atoms with E-state index in [9.17, 15) is 0 Å². The zero-order valence-corrected chi connectivity index (χ0v) is 30.5. The van der Waals surface area contributed by atoms with Gasteiger partial charge in [0, 0.05) is 0 Å². The van der Waals surface area contributed by atoms with E-state index in [1.54, 1.807) is 23.3 Å². The molecule has 0 radical (unpaired) electrons. The van der Waals surface area contributed by atoms with Crippen LogP contribution in [0.1, 0.15) is 42.9 Å². The van der Waals surface area contributed by atoms with Crippen molar-refractivity contribution in [2.75, 3.05) is 0 Å². The number of halogens is 2. The normalized spacial score (nSPS) is 10.9. The van der Waals surface area contributed by atoms with E-state index in [0.717, 1.165) is 0 Å². The van der Waals surface area contributed by atoms with Gasteiger partial charge >= 0.3 is 41.9 Å². The predicted molar refractivity (Wildman–Crippen MR) is 176 cm³/mol. The molecule has 6 aromatic carbocycles. The Hall–Kier alpha value is -2.22. The molecule has 0 aliphatic carbocycles. The van der Waals surface area contributed by atoms with E-state index in [0.29, 0.717) is 5.92 Å². The topological polar surface area (TPSA) is 0 Å². The Labute approximate surface area is 280 Å². The molecule has 0 N–H and O–H groups in total. The monoisotopic (exact) mass is 684 g/mol. The van der Waals surface area contributed by atoms with Gasteiger partial charge in [-0.1, -0.05) is 118 Å². The summed E-state index contributed by atoms with van der Waals surface area (Å²) in [5.74, 6) is 0.635. The van der Waals surface area contributed by atoms with Crippen molar-refractivity contribution in [2.24, 2.45) is 0 Å². The summed E-state index contributed by atoms with van der Waals surface area (Å²) in [5.41, 5.74) is 9.63.